The zero-order valence-electron chi connectivity index (χ0n) is 15.2. The molecule has 0 fully saturated rings. The van der Waals surface area contributed by atoms with Gasteiger partial charge in [-0.2, -0.15) is 0 Å². The highest BCUT2D eigenvalue weighted by Crippen LogP contribution is 2.21. The number of fused-ring (bicyclic) bond motifs is 1. The Morgan fingerprint density at radius 1 is 1.07 bits per heavy atom. The van der Waals surface area contributed by atoms with Gasteiger partial charge in [-0.05, 0) is 34.9 Å². The van der Waals surface area contributed by atoms with Crippen molar-refractivity contribution in [2.24, 2.45) is 0 Å². The summed E-state index contributed by atoms with van der Waals surface area (Å²) in [5.74, 6) is -0.225. The predicted molar refractivity (Wildman–Crippen MR) is 106 cm³/mol. The molecule has 1 N–H and O–H groups in total. The molecule has 0 radical (unpaired) electrons. The Morgan fingerprint density at radius 2 is 1.96 bits per heavy atom. The van der Waals surface area contributed by atoms with Crippen LogP contribution in [-0.2, 0) is 17.8 Å². The van der Waals surface area contributed by atoms with Gasteiger partial charge in [-0.1, -0.05) is 30.3 Å². The highest BCUT2D eigenvalue weighted by molar-refractivity contribution is 5.79. The summed E-state index contributed by atoms with van der Waals surface area (Å²) in [6, 6.07) is 16.0. The number of hydrogen-bond acceptors (Lipinski definition) is 4. The van der Waals surface area contributed by atoms with E-state index >= 15 is 0 Å². The molecular weight excluding hydrogens is 354 g/mol. The van der Waals surface area contributed by atoms with Crippen LogP contribution >= 0.6 is 0 Å². The maximum atomic E-state index is 10.9. The lowest BCUT2D eigenvalue weighted by Crippen LogP contribution is -2.08. The van der Waals surface area contributed by atoms with Gasteiger partial charge in [0, 0.05) is 30.4 Å². The number of carbonyl (C=O) groups is 1. The first-order valence-corrected chi connectivity index (χ1v) is 8.98. The van der Waals surface area contributed by atoms with E-state index in [4.69, 9.17) is 9.84 Å². The predicted octanol–water partition coefficient (Wildman–Crippen LogP) is 3.80. The van der Waals surface area contributed by atoms with Crippen LogP contribution in [0.1, 0.15) is 5.56 Å². The zero-order chi connectivity index (χ0) is 19.3. The van der Waals surface area contributed by atoms with Gasteiger partial charge in [-0.3, -0.25) is 9.78 Å². The van der Waals surface area contributed by atoms with Crippen molar-refractivity contribution in [2.75, 3.05) is 6.61 Å². The van der Waals surface area contributed by atoms with E-state index in [1.165, 1.54) is 5.56 Å². The molecular formula is C22H19N3O3. The number of aromatic nitrogens is 3. The van der Waals surface area contributed by atoms with E-state index in [0.29, 0.717) is 18.0 Å². The smallest absolute Gasteiger partial charge is 0.323 e. The van der Waals surface area contributed by atoms with E-state index in [1.54, 1.807) is 23.2 Å². The third-order valence-electron chi connectivity index (χ3n) is 4.46. The molecule has 3 heterocycles. The Kier molecular flexibility index (Phi) is 5.01. The molecule has 4 rings (SSSR count). The molecule has 0 bridgehead atoms. The third kappa shape index (κ3) is 4.01. The summed E-state index contributed by atoms with van der Waals surface area (Å²) < 4.78 is 7.46. The van der Waals surface area contributed by atoms with Gasteiger partial charge >= 0.3 is 5.97 Å². The minimum absolute atomic E-state index is 0.107. The second-order valence-corrected chi connectivity index (χ2v) is 6.46. The number of carboxylic acids is 1. The lowest BCUT2D eigenvalue weighted by atomic mass is 10.0. The minimum Gasteiger partial charge on any atom is -0.492 e. The zero-order valence-corrected chi connectivity index (χ0v) is 15.2. The maximum absolute atomic E-state index is 10.9. The average Bonchev–Trinajstić information content (AvgIpc) is 3.10. The van der Waals surface area contributed by atoms with Gasteiger partial charge in [0.15, 0.2) is 0 Å². The molecule has 0 saturated heterocycles. The molecule has 0 spiro atoms. The Morgan fingerprint density at radius 3 is 2.79 bits per heavy atom. The molecule has 0 unspecified atom stereocenters. The highest BCUT2D eigenvalue weighted by atomic mass is 16.5. The summed E-state index contributed by atoms with van der Waals surface area (Å²) in [6.45, 7) is 0.420. The number of benzene rings is 1. The fourth-order valence-corrected chi connectivity index (χ4v) is 3.14. The summed E-state index contributed by atoms with van der Waals surface area (Å²) >= 11 is 0. The second kappa shape index (κ2) is 7.92. The molecule has 0 atom stereocenters. The van der Waals surface area contributed by atoms with Gasteiger partial charge in [0.1, 0.15) is 17.9 Å². The normalized spacial score (nSPS) is 10.9. The summed E-state index contributed by atoms with van der Waals surface area (Å²) in [4.78, 5) is 19.4. The minimum atomic E-state index is -0.895. The fourth-order valence-electron chi connectivity index (χ4n) is 3.14. The van der Waals surface area contributed by atoms with Gasteiger partial charge in [0.05, 0.1) is 12.8 Å². The van der Waals surface area contributed by atoms with Crippen LogP contribution in [0.3, 0.4) is 0 Å². The Hall–Kier alpha value is -3.67. The van der Waals surface area contributed by atoms with Crippen LogP contribution < -0.4 is 4.74 Å². The molecule has 0 aliphatic heterocycles. The molecule has 0 aliphatic rings. The van der Waals surface area contributed by atoms with Gasteiger partial charge in [-0.15, -0.1) is 0 Å². The van der Waals surface area contributed by atoms with Gasteiger partial charge in [0.2, 0.25) is 0 Å². The second-order valence-electron chi connectivity index (χ2n) is 6.46. The number of hydrogen-bond donors (Lipinski definition) is 1. The summed E-state index contributed by atoms with van der Waals surface area (Å²) in [7, 11) is 0. The number of ether oxygens (including phenoxy) is 1. The van der Waals surface area contributed by atoms with Gasteiger partial charge in [0.25, 0.3) is 0 Å². The monoisotopic (exact) mass is 373 g/mol. The molecule has 0 amide bonds. The molecule has 28 heavy (non-hydrogen) atoms. The molecule has 0 saturated carbocycles. The topological polar surface area (TPSA) is 77.2 Å². The van der Waals surface area contributed by atoms with Crippen molar-refractivity contribution in [3.05, 3.63) is 78.9 Å². The number of pyridine rings is 2. The molecule has 6 nitrogen and oxygen atoms in total. The molecule has 1 aromatic carbocycles. The van der Waals surface area contributed by atoms with E-state index in [2.05, 4.69) is 28.2 Å². The first-order valence-electron chi connectivity index (χ1n) is 8.98. The van der Waals surface area contributed by atoms with Crippen molar-refractivity contribution in [1.82, 2.24) is 14.5 Å². The highest BCUT2D eigenvalue weighted by Gasteiger charge is 2.07. The van der Waals surface area contributed by atoms with Crippen molar-refractivity contribution in [2.45, 2.75) is 13.0 Å². The lowest BCUT2D eigenvalue weighted by Gasteiger charge is -2.08. The third-order valence-corrected chi connectivity index (χ3v) is 4.46. The SMILES string of the molecule is O=C(O)Cn1ccc2cc(OCCc3cccc(-c4cccnc4)c3)cnc21. The Balaban J connectivity index is 1.41. The van der Waals surface area contributed by atoms with E-state index < -0.39 is 5.97 Å². The summed E-state index contributed by atoms with van der Waals surface area (Å²) in [6.07, 6.45) is 7.74. The summed E-state index contributed by atoms with van der Waals surface area (Å²) in [5.41, 5.74) is 4.04. The Bertz CT molecular complexity index is 1110. The number of rotatable bonds is 7. The van der Waals surface area contributed by atoms with Crippen molar-refractivity contribution < 1.29 is 14.6 Å². The van der Waals surface area contributed by atoms with Crippen LogP contribution in [0.2, 0.25) is 0 Å². The van der Waals surface area contributed by atoms with Crippen LogP contribution in [0.5, 0.6) is 5.75 Å². The lowest BCUT2D eigenvalue weighted by molar-refractivity contribution is -0.137. The number of nitrogens with zero attached hydrogens (tertiary/aromatic N) is 3. The largest absolute Gasteiger partial charge is 0.492 e. The first-order chi connectivity index (χ1) is 13.7. The van der Waals surface area contributed by atoms with Gasteiger partial charge < -0.3 is 14.4 Å². The van der Waals surface area contributed by atoms with Crippen molar-refractivity contribution in [1.29, 1.82) is 0 Å². The van der Waals surface area contributed by atoms with Crippen LogP contribution in [-0.4, -0.2) is 32.2 Å². The standard InChI is InChI=1S/C22H19N3O3/c26-21(27)15-25-9-6-18-12-20(14-24-22(18)25)28-10-7-16-3-1-4-17(11-16)19-5-2-8-23-13-19/h1-6,8-9,11-14H,7,10,15H2,(H,26,27). The number of aliphatic carboxylic acids is 1. The number of carboxylic acid groups (broad SMARTS) is 1. The van der Waals surface area contributed by atoms with Crippen LogP contribution in [0.25, 0.3) is 22.2 Å². The van der Waals surface area contributed by atoms with Crippen molar-refractivity contribution in [3.8, 4) is 16.9 Å². The fraction of sp³-hybridized carbons (Fsp3) is 0.136. The van der Waals surface area contributed by atoms with Crippen molar-refractivity contribution in [3.63, 3.8) is 0 Å². The molecule has 6 heteroatoms. The quantitative estimate of drug-likeness (QED) is 0.533. The molecule has 140 valence electrons. The van der Waals surface area contributed by atoms with Crippen molar-refractivity contribution >= 4 is 17.0 Å². The first kappa shape index (κ1) is 17.7. The van der Waals surface area contributed by atoms with Crippen LogP contribution in [0.4, 0.5) is 0 Å². The average molecular weight is 373 g/mol. The molecule has 4 aromatic rings. The van der Waals surface area contributed by atoms with Crippen LogP contribution in [0.15, 0.2) is 73.3 Å². The summed E-state index contributed by atoms with van der Waals surface area (Å²) in [5, 5.41) is 9.80. The van der Waals surface area contributed by atoms with E-state index in [-0.39, 0.29) is 6.54 Å². The molecule has 0 aliphatic carbocycles. The van der Waals surface area contributed by atoms with E-state index in [0.717, 1.165) is 22.9 Å². The van der Waals surface area contributed by atoms with E-state index in [1.807, 2.05) is 36.5 Å². The molecule has 3 aromatic heterocycles. The van der Waals surface area contributed by atoms with Gasteiger partial charge in [-0.25, -0.2) is 4.98 Å². The van der Waals surface area contributed by atoms with E-state index in [9.17, 15) is 4.79 Å². The van der Waals surface area contributed by atoms with Crippen LogP contribution in [0, 0.1) is 0 Å². The Labute approximate surface area is 162 Å². The maximum Gasteiger partial charge on any atom is 0.323 e.